The molecule has 0 saturated heterocycles. The number of aromatic amines is 1. The van der Waals surface area contributed by atoms with Crippen LogP contribution in [-0.4, -0.2) is 27.3 Å². The van der Waals surface area contributed by atoms with Crippen molar-refractivity contribution in [1.82, 2.24) is 14.9 Å². The lowest BCUT2D eigenvalue weighted by Crippen LogP contribution is -2.29. The van der Waals surface area contributed by atoms with E-state index in [0.717, 1.165) is 0 Å². The van der Waals surface area contributed by atoms with Crippen LogP contribution in [0.25, 0.3) is 0 Å². The van der Waals surface area contributed by atoms with Gasteiger partial charge in [-0.15, -0.1) is 0 Å². The third-order valence-corrected chi connectivity index (χ3v) is 3.50. The molecule has 2 aromatic rings. The molecular formula is C15H12N4O5. The lowest BCUT2D eigenvalue weighted by Gasteiger charge is -2.07. The number of aryl methyl sites for hydroxylation is 1. The number of anilines is 1. The SMILES string of the molecule is O=C(CCn1ccc(=O)[nH]c1=O)Nc1ccc2c(c1)C(=O)NC2=O. The summed E-state index contributed by atoms with van der Waals surface area (Å²) in [6.45, 7) is 0.0887. The van der Waals surface area contributed by atoms with Crippen LogP contribution in [0.1, 0.15) is 27.1 Å². The van der Waals surface area contributed by atoms with E-state index in [1.807, 2.05) is 0 Å². The number of fused-ring (bicyclic) bond motifs is 1. The summed E-state index contributed by atoms with van der Waals surface area (Å²) in [6.07, 6.45) is 1.30. The number of rotatable bonds is 4. The first kappa shape index (κ1) is 15.4. The summed E-state index contributed by atoms with van der Waals surface area (Å²) >= 11 is 0. The number of amides is 3. The van der Waals surface area contributed by atoms with Gasteiger partial charge in [0.2, 0.25) is 5.91 Å². The van der Waals surface area contributed by atoms with Crippen LogP contribution in [0.2, 0.25) is 0 Å². The zero-order valence-electron chi connectivity index (χ0n) is 12.3. The summed E-state index contributed by atoms with van der Waals surface area (Å²) in [5, 5.41) is 4.75. The Hall–Kier alpha value is -3.49. The quantitative estimate of drug-likeness (QED) is 0.648. The minimum absolute atomic E-state index is 0.00579. The zero-order chi connectivity index (χ0) is 17.3. The Balaban J connectivity index is 1.66. The summed E-state index contributed by atoms with van der Waals surface area (Å²) in [5.41, 5.74) is -0.264. The number of nitrogens with zero attached hydrogens (tertiary/aromatic N) is 1. The van der Waals surface area contributed by atoms with E-state index in [1.165, 1.54) is 35.0 Å². The summed E-state index contributed by atoms with van der Waals surface area (Å²) in [6, 6.07) is 5.58. The molecule has 122 valence electrons. The van der Waals surface area contributed by atoms with Gasteiger partial charge in [-0.25, -0.2) is 4.79 Å². The van der Waals surface area contributed by atoms with Gasteiger partial charge in [-0.1, -0.05) is 0 Å². The van der Waals surface area contributed by atoms with Crippen LogP contribution >= 0.6 is 0 Å². The molecule has 3 N–H and O–H groups in total. The maximum atomic E-state index is 11.9. The highest BCUT2D eigenvalue weighted by molar-refractivity contribution is 6.22. The molecule has 1 aromatic heterocycles. The standard InChI is InChI=1S/C15H12N4O5/c20-11(3-5-19-6-4-12(21)17-15(19)24)16-8-1-2-9-10(7-8)14(23)18-13(9)22/h1-2,4,6-7H,3,5H2,(H,16,20)(H,17,21,24)(H,18,22,23). The van der Waals surface area contributed by atoms with Crippen molar-refractivity contribution in [3.63, 3.8) is 0 Å². The van der Waals surface area contributed by atoms with Crippen molar-refractivity contribution in [3.8, 4) is 0 Å². The lowest BCUT2D eigenvalue weighted by atomic mass is 10.1. The molecule has 0 saturated carbocycles. The van der Waals surface area contributed by atoms with E-state index in [1.54, 1.807) is 0 Å². The Morgan fingerprint density at radius 1 is 1.04 bits per heavy atom. The first-order valence-corrected chi connectivity index (χ1v) is 7.03. The number of H-pyrrole nitrogens is 1. The van der Waals surface area contributed by atoms with Gasteiger partial charge in [0.25, 0.3) is 17.4 Å². The summed E-state index contributed by atoms with van der Waals surface area (Å²) in [4.78, 5) is 59.5. The number of aromatic nitrogens is 2. The third kappa shape index (κ3) is 3.00. The smallest absolute Gasteiger partial charge is 0.326 e. The second-order valence-corrected chi connectivity index (χ2v) is 5.15. The van der Waals surface area contributed by atoms with Crippen molar-refractivity contribution in [3.05, 3.63) is 62.4 Å². The largest absolute Gasteiger partial charge is 0.328 e. The summed E-state index contributed by atoms with van der Waals surface area (Å²) in [7, 11) is 0. The van der Waals surface area contributed by atoms with Crippen LogP contribution in [0, 0.1) is 0 Å². The fourth-order valence-electron chi connectivity index (χ4n) is 2.31. The van der Waals surface area contributed by atoms with Gasteiger partial charge in [0.15, 0.2) is 0 Å². The molecular weight excluding hydrogens is 316 g/mol. The van der Waals surface area contributed by atoms with Crippen LogP contribution in [0.3, 0.4) is 0 Å². The predicted octanol–water partition coefficient (Wildman–Crippen LogP) is -0.551. The number of carbonyl (C=O) groups excluding carboxylic acids is 3. The number of carbonyl (C=O) groups is 3. The highest BCUT2D eigenvalue weighted by Crippen LogP contribution is 2.20. The molecule has 1 aromatic carbocycles. The fraction of sp³-hybridized carbons (Fsp3) is 0.133. The monoisotopic (exact) mass is 328 g/mol. The lowest BCUT2D eigenvalue weighted by molar-refractivity contribution is -0.116. The van der Waals surface area contributed by atoms with Gasteiger partial charge in [-0.3, -0.25) is 29.5 Å². The number of hydrogen-bond acceptors (Lipinski definition) is 5. The van der Waals surface area contributed by atoms with Gasteiger partial charge < -0.3 is 9.88 Å². The van der Waals surface area contributed by atoms with Crippen LogP contribution in [-0.2, 0) is 11.3 Å². The fourth-order valence-corrected chi connectivity index (χ4v) is 2.31. The van der Waals surface area contributed by atoms with Crippen molar-refractivity contribution in [2.45, 2.75) is 13.0 Å². The van der Waals surface area contributed by atoms with Crippen molar-refractivity contribution in [2.75, 3.05) is 5.32 Å². The third-order valence-electron chi connectivity index (χ3n) is 3.50. The van der Waals surface area contributed by atoms with Crippen molar-refractivity contribution < 1.29 is 14.4 Å². The Kier molecular flexibility index (Phi) is 3.82. The van der Waals surface area contributed by atoms with Crippen molar-refractivity contribution in [2.24, 2.45) is 0 Å². The molecule has 0 spiro atoms. The molecule has 24 heavy (non-hydrogen) atoms. The number of imide groups is 1. The molecule has 3 rings (SSSR count). The van der Waals surface area contributed by atoms with E-state index in [-0.39, 0.29) is 30.0 Å². The average molecular weight is 328 g/mol. The topological polar surface area (TPSA) is 130 Å². The first-order valence-electron chi connectivity index (χ1n) is 7.03. The second kappa shape index (κ2) is 5.95. The second-order valence-electron chi connectivity index (χ2n) is 5.15. The van der Waals surface area contributed by atoms with Gasteiger partial charge in [0.05, 0.1) is 11.1 Å². The molecule has 1 aliphatic heterocycles. The van der Waals surface area contributed by atoms with Crippen LogP contribution in [0.5, 0.6) is 0 Å². The average Bonchev–Trinajstić information content (AvgIpc) is 2.81. The van der Waals surface area contributed by atoms with Crippen molar-refractivity contribution in [1.29, 1.82) is 0 Å². The molecule has 0 unspecified atom stereocenters. The Morgan fingerprint density at radius 3 is 2.54 bits per heavy atom. The minimum Gasteiger partial charge on any atom is -0.326 e. The molecule has 0 fully saturated rings. The summed E-state index contributed by atoms with van der Waals surface area (Å²) < 4.78 is 1.20. The minimum atomic E-state index is -0.594. The maximum absolute atomic E-state index is 11.9. The molecule has 9 heteroatoms. The molecule has 0 aliphatic carbocycles. The van der Waals surface area contributed by atoms with Gasteiger partial charge in [0, 0.05) is 30.9 Å². The van der Waals surface area contributed by atoms with E-state index >= 15 is 0 Å². The van der Waals surface area contributed by atoms with Crippen LogP contribution < -0.4 is 21.9 Å². The van der Waals surface area contributed by atoms with E-state index in [0.29, 0.717) is 5.69 Å². The Morgan fingerprint density at radius 2 is 1.79 bits per heavy atom. The number of nitrogens with one attached hydrogen (secondary N) is 3. The Bertz CT molecular complexity index is 972. The molecule has 0 radical (unpaired) electrons. The van der Waals surface area contributed by atoms with E-state index in [9.17, 15) is 24.0 Å². The van der Waals surface area contributed by atoms with E-state index in [2.05, 4.69) is 15.6 Å². The van der Waals surface area contributed by atoms with Gasteiger partial charge in [-0.2, -0.15) is 0 Å². The van der Waals surface area contributed by atoms with Gasteiger partial charge in [0.1, 0.15) is 0 Å². The zero-order valence-corrected chi connectivity index (χ0v) is 12.3. The molecule has 1 aliphatic rings. The van der Waals surface area contributed by atoms with E-state index in [4.69, 9.17) is 0 Å². The molecule has 9 nitrogen and oxygen atoms in total. The molecule has 2 heterocycles. The molecule has 0 bridgehead atoms. The highest BCUT2D eigenvalue weighted by atomic mass is 16.2. The van der Waals surface area contributed by atoms with Gasteiger partial charge in [-0.05, 0) is 18.2 Å². The number of benzene rings is 1. The van der Waals surface area contributed by atoms with Crippen LogP contribution in [0.15, 0.2) is 40.1 Å². The first-order chi connectivity index (χ1) is 11.4. The van der Waals surface area contributed by atoms with Gasteiger partial charge >= 0.3 is 5.69 Å². The number of hydrogen-bond donors (Lipinski definition) is 3. The molecule has 0 atom stereocenters. The van der Waals surface area contributed by atoms with E-state index < -0.39 is 23.1 Å². The molecule has 3 amide bonds. The van der Waals surface area contributed by atoms with Crippen molar-refractivity contribution >= 4 is 23.4 Å². The Labute approximate surface area is 134 Å². The predicted molar refractivity (Wildman–Crippen MR) is 82.8 cm³/mol. The highest BCUT2D eigenvalue weighted by Gasteiger charge is 2.26. The summed E-state index contributed by atoms with van der Waals surface area (Å²) in [5.74, 6) is -1.35. The van der Waals surface area contributed by atoms with Crippen LogP contribution in [0.4, 0.5) is 5.69 Å². The normalized spacial score (nSPS) is 12.7. The maximum Gasteiger partial charge on any atom is 0.328 e.